The minimum atomic E-state index is -0.585. The zero-order valence-corrected chi connectivity index (χ0v) is 10.2. The number of hydrogen-bond acceptors (Lipinski definition) is 2. The SMILES string of the molecule is CC(CO)(c1ccccc1)N1CCCCC1=O. The number of benzene rings is 1. The fraction of sp³-hybridized carbons (Fsp3) is 0.500. The van der Waals surface area contributed by atoms with Gasteiger partial charge in [0, 0.05) is 13.0 Å². The Bertz CT molecular complexity index is 390. The maximum atomic E-state index is 12.0. The normalized spacial score (nSPS) is 20.1. The molecule has 1 atom stereocenters. The number of carbonyl (C=O) groups excluding carboxylic acids is 1. The van der Waals surface area contributed by atoms with E-state index in [4.69, 9.17) is 0 Å². The Morgan fingerprint density at radius 1 is 1.29 bits per heavy atom. The summed E-state index contributed by atoms with van der Waals surface area (Å²) in [6, 6.07) is 9.77. The van der Waals surface area contributed by atoms with Gasteiger partial charge in [0.15, 0.2) is 0 Å². The van der Waals surface area contributed by atoms with Gasteiger partial charge in [-0.2, -0.15) is 0 Å². The summed E-state index contributed by atoms with van der Waals surface area (Å²) in [4.78, 5) is 13.8. The van der Waals surface area contributed by atoms with E-state index in [-0.39, 0.29) is 12.5 Å². The van der Waals surface area contributed by atoms with Gasteiger partial charge < -0.3 is 10.0 Å². The van der Waals surface area contributed by atoms with Gasteiger partial charge in [-0.3, -0.25) is 4.79 Å². The van der Waals surface area contributed by atoms with E-state index in [1.807, 2.05) is 42.2 Å². The number of aliphatic hydroxyl groups is 1. The van der Waals surface area contributed by atoms with E-state index >= 15 is 0 Å². The second kappa shape index (κ2) is 4.88. The van der Waals surface area contributed by atoms with E-state index < -0.39 is 5.54 Å². The Kier molecular flexibility index (Phi) is 3.48. The molecular formula is C14H19NO2. The lowest BCUT2D eigenvalue weighted by Crippen LogP contribution is -2.51. The van der Waals surface area contributed by atoms with Crippen LogP contribution in [0.4, 0.5) is 0 Å². The lowest BCUT2D eigenvalue weighted by Gasteiger charge is -2.42. The van der Waals surface area contributed by atoms with Crippen molar-refractivity contribution < 1.29 is 9.90 Å². The van der Waals surface area contributed by atoms with Crippen LogP contribution in [0.15, 0.2) is 30.3 Å². The zero-order valence-electron chi connectivity index (χ0n) is 10.2. The summed E-state index contributed by atoms with van der Waals surface area (Å²) < 4.78 is 0. The number of piperidine rings is 1. The molecule has 3 nitrogen and oxygen atoms in total. The standard InChI is InChI=1S/C14H19NO2/c1-14(11-16,12-7-3-2-4-8-12)15-10-6-5-9-13(15)17/h2-4,7-8,16H,5-6,9-11H2,1H3. The number of likely N-dealkylation sites (tertiary alicyclic amines) is 1. The van der Waals surface area contributed by atoms with Gasteiger partial charge in [-0.05, 0) is 25.3 Å². The fourth-order valence-electron chi connectivity index (χ4n) is 2.46. The molecule has 0 aromatic heterocycles. The first-order chi connectivity index (χ1) is 8.18. The topological polar surface area (TPSA) is 40.5 Å². The highest BCUT2D eigenvalue weighted by atomic mass is 16.3. The third-order valence-electron chi connectivity index (χ3n) is 3.62. The minimum Gasteiger partial charge on any atom is -0.394 e. The Morgan fingerprint density at radius 2 is 2.00 bits per heavy atom. The summed E-state index contributed by atoms with van der Waals surface area (Å²) >= 11 is 0. The van der Waals surface area contributed by atoms with Crippen LogP contribution in [0, 0.1) is 0 Å². The van der Waals surface area contributed by atoms with Crippen molar-refractivity contribution in [2.45, 2.75) is 31.7 Å². The molecule has 1 amide bonds. The molecule has 1 N–H and O–H groups in total. The first-order valence-electron chi connectivity index (χ1n) is 6.15. The third-order valence-corrected chi connectivity index (χ3v) is 3.62. The molecule has 0 radical (unpaired) electrons. The van der Waals surface area contributed by atoms with Crippen molar-refractivity contribution in [1.29, 1.82) is 0 Å². The maximum absolute atomic E-state index is 12.0. The van der Waals surface area contributed by atoms with Gasteiger partial charge in [0.1, 0.15) is 0 Å². The Hall–Kier alpha value is -1.35. The molecule has 0 aliphatic carbocycles. The molecule has 1 aromatic carbocycles. The van der Waals surface area contributed by atoms with E-state index in [2.05, 4.69) is 0 Å². The van der Waals surface area contributed by atoms with Crippen LogP contribution in [0.2, 0.25) is 0 Å². The lowest BCUT2D eigenvalue weighted by atomic mass is 9.89. The van der Waals surface area contributed by atoms with Crippen LogP contribution in [-0.4, -0.2) is 29.1 Å². The molecule has 1 aliphatic heterocycles. The maximum Gasteiger partial charge on any atom is 0.223 e. The molecule has 0 saturated carbocycles. The summed E-state index contributed by atoms with van der Waals surface area (Å²) in [5, 5.41) is 9.71. The molecule has 2 rings (SSSR count). The molecule has 0 bridgehead atoms. The summed E-state index contributed by atoms with van der Waals surface area (Å²) in [6.45, 7) is 2.64. The minimum absolute atomic E-state index is 0.0389. The smallest absolute Gasteiger partial charge is 0.223 e. The molecular weight excluding hydrogens is 214 g/mol. The van der Waals surface area contributed by atoms with Crippen LogP contribution >= 0.6 is 0 Å². The van der Waals surface area contributed by atoms with Crippen molar-refractivity contribution >= 4 is 5.91 Å². The van der Waals surface area contributed by atoms with Crippen LogP contribution in [0.1, 0.15) is 31.7 Å². The van der Waals surface area contributed by atoms with Crippen molar-refractivity contribution in [1.82, 2.24) is 4.90 Å². The molecule has 1 unspecified atom stereocenters. The largest absolute Gasteiger partial charge is 0.394 e. The predicted octanol–water partition coefficient (Wildman–Crippen LogP) is 1.91. The molecule has 1 aromatic rings. The quantitative estimate of drug-likeness (QED) is 0.866. The molecule has 0 spiro atoms. The second-order valence-electron chi connectivity index (χ2n) is 4.80. The fourth-order valence-corrected chi connectivity index (χ4v) is 2.46. The highest BCUT2D eigenvalue weighted by Gasteiger charge is 2.37. The summed E-state index contributed by atoms with van der Waals surface area (Å²) in [5.41, 5.74) is 0.413. The monoisotopic (exact) mass is 233 g/mol. The highest BCUT2D eigenvalue weighted by molar-refractivity contribution is 5.78. The number of nitrogens with zero attached hydrogens (tertiary/aromatic N) is 1. The van der Waals surface area contributed by atoms with Crippen LogP contribution in [0.3, 0.4) is 0 Å². The number of amides is 1. The number of hydrogen-bond donors (Lipinski definition) is 1. The predicted molar refractivity (Wildman–Crippen MR) is 66.4 cm³/mol. The number of rotatable bonds is 3. The van der Waals surface area contributed by atoms with Crippen molar-refractivity contribution in [3.05, 3.63) is 35.9 Å². The van der Waals surface area contributed by atoms with Crippen molar-refractivity contribution in [2.75, 3.05) is 13.2 Å². The van der Waals surface area contributed by atoms with Gasteiger partial charge in [-0.25, -0.2) is 0 Å². The van der Waals surface area contributed by atoms with E-state index in [1.165, 1.54) is 0 Å². The number of aliphatic hydroxyl groups excluding tert-OH is 1. The third kappa shape index (κ3) is 2.20. The first-order valence-corrected chi connectivity index (χ1v) is 6.15. The Balaban J connectivity index is 2.33. The van der Waals surface area contributed by atoms with Gasteiger partial charge in [0.05, 0.1) is 12.1 Å². The molecule has 3 heteroatoms. The van der Waals surface area contributed by atoms with E-state index in [0.717, 1.165) is 24.9 Å². The van der Waals surface area contributed by atoms with Crippen LogP contribution < -0.4 is 0 Å². The molecule has 17 heavy (non-hydrogen) atoms. The van der Waals surface area contributed by atoms with Crippen molar-refractivity contribution in [2.24, 2.45) is 0 Å². The lowest BCUT2D eigenvalue weighted by molar-refractivity contribution is -0.142. The average molecular weight is 233 g/mol. The summed E-state index contributed by atoms with van der Waals surface area (Å²) in [5.74, 6) is 0.150. The van der Waals surface area contributed by atoms with E-state index in [0.29, 0.717) is 6.42 Å². The van der Waals surface area contributed by atoms with Crippen LogP contribution in [0.5, 0.6) is 0 Å². The average Bonchev–Trinajstić information content (AvgIpc) is 2.39. The van der Waals surface area contributed by atoms with Gasteiger partial charge in [-0.15, -0.1) is 0 Å². The van der Waals surface area contributed by atoms with E-state index in [9.17, 15) is 9.90 Å². The first kappa shape index (κ1) is 12.1. The summed E-state index contributed by atoms with van der Waals surface area (Å²) in [6.07, 6.45) is 2.59. The molecule has 1 aliphatic rings. The van der Waals surface area contributed by atoms with Crippen LogP contribution in [-0.2, 0) is 10.3 Å². The van der Waals surface area contributed by atoms with Crippen LogP contribution in [0.25, 0.3) is 0 Å². The molecule has 1 heterocycles. The van der Waals surface area contributed by atoms with Gasteiger partial charge in [0.2, 0.25) is 5.91 Å². The van der Waals surface area contributed by atoms with Crippen molar-refractivity contribution in [3.63, 3.8) is 0 Å². The second-order valence-corrected chi connectivity index (χ2v) is 4.80. The summed E-state index contributed by atoms with van der Waals surface area (Å²) in [7, 11) is 0. The highest BCUT2D eigenvalue weighted by Crippen LogP contribution is 2.31. The zero-order chi connectivity index (χ0) is 12.3. The Morgan fingerprint density at radius 3 is 2.59 bits per heavy atom. The molecule has 1 saturated heterocycles. The van der Waals surface area contributed by atoms with Gasteiger partial charge in [0.25, 0.3) is 0 Å². The molecule has 1 fully saturated rings. The molecule has 92 valence electrons. The Labute approximate surface area is 102 Å². The number of carbonyl (C=O) groups is 1. The van der Waals surface area contributed by atoms with E-state index in [1.54, 1.807) is 0 Å². The van der Waals surface area contributed by atoms with Crippen molar-refractivity contribution in [3.8, 4) is 0 Å². The van der Waals surface area contributed by atoms with Gasteiger partial charge >= 0.3 is 0 Å². The van der Waals surface area contributed by atoms with Gasteiger partial charge in [-0.1, -0.05) is 30.3 Å².